The fourth-order valence-electron chi connectivity index (χ4n) is 4.12. The van der Waals surface area contributed by atoms with Crippen LogP contribution in [0.3, 0.4) is 0 Å². The summed E-state index contributed by atoms with van der Waals surface area (Å²) in [5, 5.41) is 8.20. The molecule has 1 N–H and O–H groups in total. The van der Waals surface area contributed by atoms with E-state index in [0.29, 0.717) is 0 Å². The average Bonchev–Trinajstić information content (AvgIpc) is 3.13. The SMILES string of the molecule is Cc1cc(Nc2nc3ccccc3nc2N2CC(C)OC(C)C2)n(-c2ccccc2)n1. The highest BCUT2D eigenvalue weighted by atomic mass is 16.5. The van der Waals surface area contributed by atoms with Gasteiger partial charge >= 0.3 is 0 Å². The molecule has 4 aromatic rings. The lowest BCUT2D eigenvalue weighted by Gasteiger charge is -2.36. The van der Waals surface area contributed by atoms with Crippen LogP contribution in [0.25, 0.3) is 16.7 Å². The second-order valence-corrected chi connectivity index (χ2v) is 8.09. The van der Waals surface area contributed by atoms with Crippen LogP contribution in [0.4, 0.5) is 17.5 Å². The van der Waals surface area contributed by atoms with Gasteiger partial charge in [0.05, 0.1) is 34.6 Å². The molecule has 1 aliphatic heterocycles. The number of hydrogen-bond donors (Lipinski definition) is 1. The molecule has 1 aliphatic rings. The zero-order valence-electron chi connectivity index (χ0n) is 18.0. The minimum absolute atomic E-state index is 0.127. The Labute approximate surface area is 181 Å². The van der Waals surface area contributed by atoms with Crippen LogP contribution in [0, 0.1) is 6.92 Å². The summed E-state index contributed by atoms with van der Waals surface area (Å²) in [7, 11) is 0. The number of ether oxygens (including phenoxy) is 1. The summed E-state index contributed by atoms with van der Waals surface area (Å²) >= 11 is 0. The molecule has 2 aromatic heterocycles. The predicted molar refractivity (Wildman–Crippen MR) is 123 cm³/mol. The summed E-state index contributed by atoms with van der Waals surface area (Å²) in [6, 6.07) is 20.1. The van der Waals surface area contributed by atoms with E-state index < -0.39 is 0 Å². The van der Waals surface area contributed by atoms with Gasteiger partial charge in [-0.05, 0) is 45.0 Å². The smallest absolute Gasteiger partial charge is 0.175 e. The summed E-state index contributed by atoms with van der Waals surface area (Å²) in [5.74, 6) is 2.40. The number of benzene rings is 2. The average molecular weight is 415 g/mol. The number of anilines is 3. The van der Waals surface area contributed by atoms with E-state index in [1.54, 1.807) is 0 Å². The maximum absolute atomic E-state index is 5.94. The second kappa shape index (κ2) is 8.00. The summed E-state index contributed by atoms with van der Waals surface area (Å²) in [4.78, 5) is 12.2. The van der Waals surface area contributed by atoms with Crippen molar-refractivity contribution in [3.63, 3.8) is 0 Å². The Balaban J connectivity index is 1.60. The molecule has 0 spiro atoms. The number of para-hydroxylation sites is 3. The standard InChI is InChI=1S/C24H26N6O/c1-16-13-22(30(28-16)19-9-5-4-6-10-19)27-23-24(29-14-17(2)31-18(3)15-29)26-21-12-8-7-11-20(21)25-23/h4-13,17-18H,14-15H2,1-3H3,(H,25,27). The van der Waals surface area contributed by atoms with E-state index in [9.17, 15) is 0 Å². The van der Waals surface area contributed by atoms with Gasteiger partial charge in [0.25, 0.3) is 0 Å². The molecule has 0 radical (unpaired) electrons. The van der Waals surface area contributed by atoms with Crippen LogP contribution in [0.5, 0.6) is 0 Å². The molecule has 7 heteroatoms. The summed E-state index contributed by atoms with van der Waals surface area (Å²) in [6.07, 6.45) is 0.254. The topological polar surface area (TPSA) is 68.1 Å². The van der Waals surface area contributed by atoms with Crippen LogP contribution in [0.1, 0.15) is 19.5 Å². The predicted octanol–water partition coefficient (Wildman–Crippen LogP) is 4.48. The van der Waals surface area contributed by atoms with Crippen molar-refractivity contribution in [3.05, 3.63) is 66.4 Å². The van der Waals surface area contributed by atoms with Crippen molar-refractivity contribution in [1.29, 1.82) is 0 Å². The van der Waals surface area contributed by atoms with E-state index >= 15 is 0 Å². The minimum Gasteiger partial charge on any atom is -0.372 e. The van der Waals surface area contributed by atoms with Gasteiger partial charge in [0.1, 0.15) is 5.82 Å². The Bertz CT molecular complexity index is 1200. The third-order valence-electron chi connectivity index (χ3n) is 5.35. The molecule has 158 valence electrons. The lowest BCUT2D eigenvalue weighted by atomic mass is 10.2. The highest BCUT2D eigenvalue weighted by molar-refractivity contribution is 5.82. The first-order valence-corrected chi connectivity index (χ1v) is 10.6. The summed E-state index contributed by atoms with van der Waals surface area (Å²) in [5.41, 5.74) is 3.64. The Kier molecular flexibility index (Phi) is 5.03. The first-order chi connectivity index (χ1) is 15.1. The monoisotopic (exact) mass is 414 g/mol. The van der Waals surface area contributed by atoms with E-state index in [2.05, 4.69) is 29.2 Å². The zero-order chi connectivity index (χ0) is 21.4. The molecular weight excluding hydrogens is 388 g/mol. The summed E-state index contributed by atoms with van der Waals surface area (Å²) < 4.78 is 7.84. The lowest BCUT2D eigenvalue weighted by molar-refractivity contribution is -0.00540. The molecule has 1 fully saturated rings. The molecule has 0 amide bonds. The number of morpholine rings is 1. The van der Waals surface area contributed by atoms with Crippen LogP contribution in [0.2, 0.25) is 0 Å². The molecule has 7 nitrogen and oxygen atoms in total. The van der Waals surface area contributed by atoms with Gasteiger partial charge in [-0.2, -0.15) is 5.10 Å². The molecule has 0 saturated carbocycles. The Morgan fingerprint density at radius 3 is 2.26 bits per heavy atom. The third-order valence-corrected chi connectivity index (χ3v) is 5.35. The maximum atomic E-state index is 5.94. The quantitative estimate of drug-likeness (QED) is 0.531. The first kappa shape index (κ1) is 19.5. The number of hydrogen-bond acceptors (Lipinski definition) is 6. The third kappa shape index (κ3) is 3.96. The minimum atomic E-state index is 0.127. The van der Waals surface area contributed by atoms with E-state index in [4.69, 9.17) is 14.7 Å². The van der Waals surface area contributed by atoms with Crippen molar-refractivity contribution in [1.82, 2.24) is 19.7 Å². The number of aryl methyl sites for hydroxylation is 1. The summed E-state index contributed by atoms with van der Waals surface area (Å²) in [6.45, 7) is 7.71. The number of nitrogens with one attached hydrogen (secondary N) is 1. The first-order valence-electron chi connectivity index (χ1n) is 10.6. The molecule has 5 rings (SSSR count). The van der Waals surface area contributed by atoms with Crippen molar-refractivity contribution in [2.24, 2.45) is 0 Å². The van der Waals surface area contributed by atoms with E-state index in [-0.39, 0.29) is 12.2 Å². The van der Waals surface area contributed by atoms with Gasteiger partial charge in [-0.3, -0.25) is 0 Å². The van der Waals surface area contributed by atoms with Crippen molar-refractivity contribution in [3.8, 4) is 5.69 Å². The van der Waals surface area contributed by atoms with Crippen LogP contribution in [0.15, 0.2) is 60.7 Å². The van der Waals surface area contributed by atoms with Gasteiger partial charge in [-0.1, -0.05) is 30.3 Å². The normalized spacial score (nSPS) is 19.0. The van der Waals surface area contributed by atoms with Crippen molar-refractivity contribution in [2.45, 2.75) is 33.0 Å². The fraction of sp³-hybridized carbons (Fsp3) is 0.292. The van der Waals surface area contributed by atoms with Crippen molar-refractivity contribution in [2.75, 3.05) is 23.3 Å². The largest absolute Gasteiger partial charge is 0.372 e. The molecule has 2 atom stereocenters. The fourth-order valence-corrected chi connectivity index (χ4v) is 4.12. The van der Waals surface area contributed by atoms with Gasteiger partial charge in [0.15, 0.2) is 11.6 Å². The lowest BCUT2D eigenvalue weighted by Crippen LogP contribution is -2.46. The molecule has 0 bridgehead atoms. The molecule has 3 heterocycles. The van der Waals surface area contributed by atoms with Gasteiger partial charge in [0.2, 0.25) is 0 Å². The van der Waals surface area contributed by atoms with E-state index in [0.717, 1.165) is 53.0 Å². The van der Waals surface area contributed by atoms with E-state index in [1.807, 2.05) is 72.3 Å². The Morgan fingerprint density at radius 2 is 1.55 bits per heavy atom. The zero-order valence-corrected chi connectivity index (χ0v) is 18.0. The molecule has 2 aromatic carbocycles. The van der Waals surface area contributed by atoms with Crippen molar-refractivity contribution < 1.29 is 4.74 Å². The highest BCUT2D eigenvalue weighted by Crippen LogP contribution is 2.31. The molecule has 0 aliphatic carbocycles. The van der Waals surface area contributed by atoms with Gasteiger partial charge in [0, 0.05) is 19.2 Å². The van der Waals surface area contributed by atoms with Gasteiger partial charge < -0.3 is 15.0 Å². The van der Waals surface area contributed by atoms with Crippen LogP contribution in [-0.2, 0) is 4.74 Å². The molecular formula is C24H26N6O. The second-order valence-electron chi connectivity index (χ2n) is 8.09. The van der Waals surface area contributed by atoms with Crippen LogP contribution >= 0.6 is 0 Å². The van der Waals surface area contributed by atoms with Crippen molar-refractivity contribution >= 4 is 28.5 Å². The number of nitrogens with zero attached hydrogens (tertiary/aromatic N) is 5. The highest BCUT2D eigenvalue weighted by Gasteiger charge is 2.26. The van der Waals surface area contributed by atoms with Crippen LogP contribution in [-0.4, -0.2) is 45.0 Å². The number of rotatable bonds is 4. The molecule has 2 unspecified atom stereocenters. The maximum Gasteiger partial charge on any atom is 0.175 e. The molecule has 1 saturated heterocycles. The van der Waals surface area contributed by atoms with Gasteiger partial charge in [-0.25, -0.2) is 14.6 Å². The Hall–Kier alpha value is -3.45. The molecule has 31 heavy (non-hydrogen) atoms. The van der Waals surface area contributed by atoms with Gasteiger partial charge in [-0.15, -0.1) is 0 Å². The Morgan fingerprint density at radius 1 is 0.903 bits per heavy atom. The van der Waals surface area contributed by atoms with Crippen LogP contribution < -0.4 is 10.2 Å². The number of fused-ring (bicyclic) bond motifs is 1. The number of aromatic nitrogens is 4. The van der Waals surface area contributed by atoms with E-state index in [1.165, 1.54) is 0 Å².